The maximum absolute atomic E-state index is 10.7. The second-order valence-corrected chi connectivity index (χ2v) is 8.64. The van der Waals surface area contributed by atoms with Crippen LogP contribution in [0.5, 0.6) is 0 Å². The molecule has 0 amide bonds. The van der Waals surface area contributed by atoms with Crippen molar-refractivity contribution in [1.82, 2.24) is 0 Å². The molecule has 0 aliphatic rings. The third-order valence-corrected chi connectivity index (χ3v) is 5.60. The predicted molar refractivity (Wildman–Crippen MR) is 126 cm³/mol. The van der Waals surface area contributed by atoms with Gasteiger partial charge in [0.05, 0.1) is 13.2 Å². The monoisotopic (exact) mass is 482 g/mol. The molecule has 0 rings (SSSR count). The van der Waals surface area contributed by atoms with Crippen LogP contribution in [-0.2, 0) is 9.68 Å². The minimum atomic E-state index is -1.67. The van der Waals surface area contributed by atoms with Gasteiger partial charge in [0.2, 0.25) is 0 Å². The summed E-state index contributed by atoms with van der Waals surface area (Å²) in [5.41, 5.74) is 0. The van der Waals surface area contributed by atoms with Crippen molar-refractivity contribution >= 4 is 5.97 Å². The molecule has 7 N–H and O–H groups in total. The quantitative estimate of drug-likeness (QED) is 0.0739. The molecule has 0 saturated carbocycles. The first kappa shape index (κ1) is 34.4. The highest BCUT2D eigenvalue weighted by Gasteiger charge is 2.29. The molecule has 4 atom stereocenters. The Morgan fingerprint density at radius 2 is 0.909 bits per heavy atom. The standard InChI is InChI=1S/C18H36O3.C6H14O6/c1-2-3-4-5-6-7-8-9-10-11-12-13-14-15-16-17-18(19)21-20;7-1-3(9)5(11)6(12)4(10)2-8/h20H,2-17H2,1H3;3-12H,1-2H2. The fourth-order valence-electron chi connectivity index (χ4n) is 3.36. The van der Waals surface area contributed by atoms with Gasteiger partial charge in [-0.1, -0.05) is 96.8 Å². The first-order chi connectivity index (χ1) is 15.8. The lowest BCUT2D eigenvalue weighted by atomic mass is 10.0. The molecule has 0 heterocycles. The first-order valence-corrected chi connectivity index (χ1v) is 12.6. The van der Waals surface area contributed by atoms with Crippen LogP contribution in [0.3, 0.4) is 0 Å². The number of unbranched alkanes of at least 4 members (excludes halogenated alkanes) is 14. The Labute approximate surface area is 199 Å². The molecule has 4 unspecified atom stereocenters. The molecule has 0 aliphatic heterocycles. The van der Waals surface area contributed by atoms with Gasteiger partial charge in [0.15, 0.2) is 0 Å². The molecule has 0 radical (unpaired) electrons. The summed E-state index contributed by atoms with van der Waals surface area (Å²) in [4.78, 5) is 14.3. The Hall–Kier alpha value is -0.810. The Bertz CT molecular complexity index is 395. The average molecular weight is 483 g/mol. The molecular formula is C24H50O9. The van der Waals surface area contributed by atoms with Gasteiger partial charge in [0.25, 0.3) is 0 Å². The van der Waals surface area contributed by atoms with E-state index >= 15 is 0 Å². The van der Waals surface area contributed by atoms with Crippen LogP contribution in [0.25, 0.3) is 0 Å². The van der Waals surface area contributed by atoms with Crippen molar-refractivity contribution < 1.29 is 45.6 Å². The van der Waals surface area contributed by atoms with Crippen molar-refractivity contribution in [3.8, 4) is 0 Å². The van der Waals surface area contributed by atoms with Crippen molar-refractivity contribution in [2.45, 2.75) is 134 Å². The van der Waals surface area contributed by atoms with Crippen molar-refractivity contribution in [2.75, 3.05) is 13.2 Å². The van der Waals surface area contributed by atoms with Crippen LogP contribution >= 0.6 is 0 Å². The summed E-state index contributed by atoms with van der Waals surface area (Å²) in [6.45, 7) is 0.815. The molecule has 33 heavy (non-hydrogen) atoms. The number of aliphatic hydroxyl groups excluding tert-OH is 6. The molecule has 9 nitrogen and oxygen atoms in total. The zero-order chi connectivity index (χ0) is 25.3. The zero-order valence-electron chi connectivity index (χ0n) is 20.5. The van der Waals surface area contributed by atoms with Gasteiger partial charge in [0, 0.05) is 6.42 Å². The van der Waals surface area contributed by atoms with Gasteiger partial charge in [-0.3, -0.25) is 0 Å². The van der Waals surface area contributed by atoms with Gasteiger partial charge < -0.3 is 35.5 Å². The summed E-state index contributed by atoms with van der Waals surface area (Å²) in [7, 11) is 0. The predicted octanol–water partition coefficient (Wildman–Crippen LogP) is 2.68. The molecule has 9 heteroatoms. The fraction of sp³-hybridized carbons (Fsp3) is 0.958. The van der Waals surface area contributed by atoms with Gasteiger partial charge in [0.1, 0.15) is 24.4 Å². The van der Waals surface area contributed by atoms with Crippen LogP contribution in [0.4, 0.5) is 0 Å². The minimum Gasteiger partial charge on any atom is -0.394 e. The van der Waals surface area contributed by atoms with Gasteiger partial charge in [-0.05, 0) is 6.42 Å². The summed E-state index contributed by atoms with van der Waals surface area (Å²) >= 11 is 0. The smallest absolute Gasteiger partial charge is 0.342 e. The molecule has 0 aliphatic carbocycles. The van der Waals surface area contributed by atoms with E-state index in [-0.39, 0.29) is 0 Å². The van der Waals surface area contributed by atoms with E-state index < -0.39 is 43.6 Å². The summed E-state index contributed by atoms with van der Waals surface area (Å²) in [5.74, 6) is -0.510. The van der Waals surface area contributed by atoms with Crippen LogP contribution in [-0.4, -0.2) is 79.5 Å². The second kappa shape index (κ2) is 25.8. The molecule has 0 bridgehead atoms. The summed E-state index contributed by atoms with van der Waals surface area (Å²) in [6.07, 6.45) is 13.6. The van der Waals surface area contributed by atoms with E-state index in [2.05, 4.69) is 11.8 Å². The highest BCUT2D eigenvalue weighted by molar-refractivity contribution is 5.68. The average Bonchev–Trinajstić information content (AvgIpc) is 2.84. The lowest BCUT2D eigenvalue weighted by Gasteiger charge is -2.24. The molecule has 0 aromatic rings. The van der Waals surface area contributed by atoms with Gasteiger partial charge in [-0.25, -0.2) is 4.79 Å². The van der Waals surface area contributed by atoms with Crippen molar-refractivity contribution in [3.05, 3.63) is 0 Å². The number of carbonyl (C=O) groups is 1. The van der Waals surface area contributed by atoms with Crippen LogP contribution in [0.2, 0.25) is 0 Å². The maximum atomic E-state index is 10.7. The van der Waals surface area contributed by atoms with Crippen molar-refractivity contribution in [2.24, 2.45) is 0 Å². The van der Waals surface area contributed by atoms with E-state index in [0.29, 0.717) is 6.42 Å². The number of aliphatic hydroxyl groups is 6. The molecular weight excluding hydrogens is 432 g/mol. The molecule has 0 aromatic carbocycles. The summed E-state index contributed by atoms with van der Waals surface area (Å²) in [5, 5.41) is 60.3. The maximum Gasteiger partial charge on any atom is 0.342 e. The van der Waals surface area contributed by atoms with Crippen LogP contribution in [0.1, 0.15) is 110 Å². The number of hydrogen-bond donors (Lipinski definition) is 7. The molecule has 0 aromatic heterocycles. The van der Waals surface area contributed by atoms with Crippen LogP contribution in [0, 0.1) is 0 Å². The van der Waals surface area contributed by atoms with Crippen molar-refractivity contribution in [1.29, 1.82) is 0 Å². The van der Waals surface area contributed by atoms with Gasteiger partial charge >= 0.3 is 5.97 Å². The number of rotatable bonds is 21. The molecule has 200 valence electrons. The lowest BCUT2D eigenvalue weighted by Crippen LogP contribution is -2.46. The minimum absolute atomic E-state index is 0.342. The van der Waals surface area contributed by atoms with E-state index in [9.17, 15) is 4.79 Å². The van der Waals surface area contributed by atoms with E-state index in [1.54, 1.807) is 0 Å². The Morgan fingerprint density at radius 1 is 0.606 bits per heavy atom. The SMILES string of the molecule is CCCCCCCCCCCCCCCCCC(=O)OO.OCC(O)C(O)C(O)C(O)CO. The highest BCUT2D eigenvalue weighted by atomic mass is 17.1. The molecule has 0 spiro atoms. The third kappa shape index (κ3) is 22.7. The van der Waals surface area contributed by atoms with E-state index in [0.717, 1.165) is 12.8 Å². The molecule has 0 saturated heterocycles. The molecule has 0 fully saturated rings. The number of hydrogen-bond acceptors (Lipinski definition) is 9. The van der Waals surface area contributed by atoms with E-state index in [4.69, 9.17) is 35.9 Å². The summed E-state index contributed by atoms with van der Waals surface area (Å²) in [6, 6.07) is 0. The highest BCUT2D eigenvalue weighted by Crippen LogP contribution is 2.13. The van der Waals surface area contributed by atoms with Gasteiger partial charge in [-0.2, -0.15) is 5.26 Å². The Balaban J connectivity index is 0. The zero-order valence-corrected chi connectivity index (χ0v) is 20.5. The lowest BCUT2D eigenvalue weighted by molar-refractivity contribution is -0.234. The largest absolute Gasteiger partial charge is 0.394 e. The van der Waals surface area contributed by atoms with Gasteiger partial charge in [-0.15, -0.1) is 0 Å². The summed E-state index contributed by atoms with van der Waals surface area (Å²) < 4.78 is 0. The Morgan fingerprint density at radius 3 is 1.18 bits per heavy atom. The van der Waals surface area contributed by atoms with Crippen LogP contribution < -0.4 is 0 Å². The van der Waals surface area contributed by atoms with Crippen LogP contribution in [0.15, 0.2) is 0 Å². The van der Waals surface area contributed by atoms with Crippen molar-refractivity contribution in [3.63, 3.8) is 0 Å². The number of carbonyl (C=O) groups excluding carboxylic acids is 1. The van der Waals surface area contributed by atoms with E-state index in [1.807, 2.05) is 0 Å². The first-order valence-electron chi connectivity index (χ1n) is 12.6. The topological polar surface area (TPSA) is 168 Å². The third-order valence-electron chi connectivity index (χ3n) is 5.60. The fourth-order valence-corrected chi connectivity index (χ4v) is 3.36. The Kier molecular flexibility index (Phi) is 26.9. The second-order valence-electron chi connectivity index (χ2n) is 8.64. The normalized spacial score (nSPS) is 14.7. The van der Waals surface area contributed by atoms with E-state index in [1.165, 1.54) is 83.5 Å².